The van der Waals surface area contributed by atoms with Crippen molar-refractivity contribution in [2.45, 2.75) is 13.8 Å². The highest BCUT2D eigenvalue weighted by Crippen LogP contribution is 2.28. The predicted molar refractivity (Wildman–Crippen MR) is 58.7 cm³/mol. The number of aryl methyl sites for hydroxylation is 1. The molecule has 0 atom stereocenters. The van der Waals surface area contributed by atoms with Gasteiger partial charge in [0.1, 0.15) is 5.82 Å². The first-order chi connectivity index (χ1) is 7.51. The lowest BCUT2D eigenvalue weighted by molar-refractivity contribution is -0.151. The Morgan fingerprint density at radius 3 is 2.69 bits per heavy atom. The quantitative estimate of drug-likeness (QED) is 0.833. The highest BCUT2D eigenvalue weighted by Gasteiger charge is 2.41. The summed E-state index contributed by atoms with van der Waals surface area (Å²) in [6.45, 7) is 4.40. The first-order valence-electron chi connectivity index (χ1n) is 5.17. The van der Waals surface area contributed by atoms with Crippen LogP contribution in [0.15, 0.2) is 18.2 Å². The van der Waals surface area contributed by atoms with Crippen molar-refractivity contribution in [2.75, 3.05) is 18.5 Å². The van der Waals surface area contributed by atoms with Crippen LogP contribution < -0.4 is 5.32 Å². The van der Waals surface area contributed by atoms with E-state index in [0.29, 0.717) is 24.5 Å². The molecule has 1 fully saturated rings. The van der Waals surface area contributed by atoms with Crippen LogP contribution in [0.3, 0.4) is 0 Å². The third-order valence-corrected chi connectivity index (χ3v) is 2.81. The Bertz CT molecular complexity index is 427. The van der Waals surface area contributed by atoms with Gasteiger partial charge < -0.3 is 10.1 Å². The van der Waals surface area contributed by atoms with Crippen molar-refractivity contribution in [3.05, 3.63) is 29.6 Å². The van der Waals surface area contributed by atoms with E-state index in [1.54, 1.807) is 19.1 Å². The summed E-state index contributed by atoms with van der Waals surface area (Å²) in [7, 11) is 0. The molecular formula is C12H14FNO2. The summed E-state index contributed by atoms with van der Waals surface area (Å²) >= 11 is 0. The molecule has 0 saturated carbocycles. The molecule has 0 aliphatic carbocycles. The van der Waals surface area contributed by atoms with Gasteiger partial charge in [0.05, 0.1) is 18.6 Å². The molecule has 1 amide bonds. The third kappa shape index (κ3) is 1.93. The van der Waals surface area contributed by atoms with Gasteiger partial charge in [-0.3, -0.25) is 4.79 Å². The molecule has 0 spiro atoms. The number of carbonyl (C=O) groups is 1. The third-order valence-electron chi connectivity index (χ3n) is 2.81. The summed E-state index contributed by atoms with van der Waals surface area (Å²) in [6, 6.07) is 4.53. The molecule has 4 heteroatoms. The topological polar surface area (TPSA) is 38.3 Å². The predicted octanol–water partition coefficient (Wildman–Crippen LogP) is 2.11. The van der Waals surface area contributed by atoms with Gasteiger partial charge in [-0.2, -0.15) is 0 Å². The summed E-state index contributed by atoms with van der Waals surface area (Å²) in [5.74, 6) is -0.346. The molecule has 1 N–H and O–H groups in total. The van der Waals surface area contributed by atoms with Crippen LogP contribution in [0.1, 0.15) is 12.5 Å². The van der Waals surface area contributed by atoms with Crippen molar-refractivity contribution in [1.29, 1.82) is 0 Å². The fourth-order valence-corrected chi connectivity index (χ4v) is 1.54. The van der Waals surface area contributed by atoms with Crippen molar-refractivity contribution < 1.29 is 13.9 Å². The molecule has 0 unspecified atom stereocenters. The van der Waals surface area contributed by atoms with Gasteiger partial charge in [0.15, 0.2) is 0 Å². The van der Waals surface area contributed by atoms with E-state index >= 15 is 0 Å². The number of halogens is 1. The SMILES string of the molecule is Cc1cc(NC(=O)C2(C)COC2)ccc1F. The Labute approximate surface area is 93.6 Å². The van der Waals surface area contributed by atoms with Gasteiger partial charge in [-0.25, -0.2) is 4.39 Å². The molecule has 1 aromatic carbocycles. The van der Waals surface area contributed by atoms with Crippen LogP contribution in [0.25, 0.3) is 0 Å². The zero-order chi connectivity index (χ0) is 11.8. The average molecular weight is 223 g/mol. The normalized spacial score (nSPS) is 17.7. The van der Waals surface area contributed by atoms with Crippen LogP contribution in [0.4, 0.5) is 10.1 Å². The van der Waals surface area contributed by atoms with Gasteiger partial charge in [-0.1, -0.05) is 0 Å². The first-order valence-corrected chi connectivity index (χ1v) is 5.17. The zero-order valence-corrected chi connectivity index (χ0v) is 9.34. The smallest absolute Gasteiger partial charge is 0.234 e. The molecular weight excluding hydrogens is 209 g/mol. The first kappa shape index (κ1) is 11.1. The van der Waals surface area contributed by atoms with Gasteiger partial charge in [0.2, 0.25) is 5.91 Å². The maximum absolute atomic E-state index is 13.0. The molecule has 2 rings (SSSR count). The summed E-state index contributed by atoms with van der Waals surface area (Å²) < 4.78 is 18.0. The standard InChI is InChI=1S/C12H14FNO2/c1-8-5-9(3-4-10(8)13)14-11(15)12(2)6-16-7-12/h3-5H,6-7H2,1-2H3,(H,14,15). The number of benzene rings is 1. The maximum atomic E-state index is 13.0. The van der Waals surface area contributed by atoms with Crippen LogP contribution in [0, 0.1) is 18.2 Å². The lowest BCUT2D eigenvalue weighted by Crippen LogP contribution is -2.49. The van der Waals surface area contributed by atoms with Crippen LogP contribution in [0.2, 0.25) is 0 Å². The van der Waals surface area contributed by atoms with Crippen molar-refractivity contribution in [1.82, 2.24) is 0 Å². The Morgan fingerprint density at radius 2 is 2.19 bits per heavy atom. The minimum absolute atomic E-state index is 0.0789. The van der Waals surface area contributed by atoms with Crippen molar-refractivity contribution in [3.63, 3.8) is 0 Å². The number of rotatable bonds is 2. The summed E-state index contributed by atoms with van der Waals surface area (Å²) in [6.07, 6.45) is 0. The van der Waals surface area contributed by atoms with Crippen LogP contribution >= 0.6 is 0 Å². The lowest BCUT2D eigenvalue weighted by atomic mass is 9.87. The van der Waals surface area contributed by atoms with Gasteiger partial charge in [-0.05, 0) is 37.6 Å². The number of anilines is 1. The maximum Gasteiger partial charge on any atom is 0.234 e. The van der Waals surface area contributed by atoms with E-state index in [4.69, 9.17) is 4.74 Å². The van der Waals surface area contributed by atoms with E-state index in [2.05, 4.69) is 5.32 Å². The molecule has 3 nitrogen and oxygen atoms in total. The van der Waals surface area contributed by atoms with E-state index < -0.39 is 5.41 Å². The molecule has 86 valence electrons. The molecule has 1 heterocycles. The fraction of sp³-hybridized carbons (Fsp3) is 0.417. The van der Waals surface area contributed by atoms with Crippen LogP contribution in [-0.2, 0) is 9.53 Å². The summed E-state index contributed by atoms with van der Waals surface area (Å²) in [5.41, 5.74) is 0.701. The Balaban J connectivity index is 2.09. The molecule has 1 aromatic rings. The van der Waals surface area contributed by atoms with E-state index in [1.807, 2.05) is 6.92 Å². The second kappa shape index (κ2) is 3.87. The Hall–Kier alpha value is -1.42. The van der Waals surface area contributed by atoms with E-state index in [-0.39, 0.29) is 11.7 Å². The fourth-order valence-electron chi connectivity index (χ4n) is 1.54. The average Bonchev–Trinajstić information content (AvgIpc) is 2.20. The number of hydrogen-bond acceptors (Lipinski definition) is 2. The molecule has 0 bridgehead atoms. The molecule has 1 aliphatic rings. The highest BCUT2D eigenvalue weighted by molar-refractivity contribution is 5.95. The van der Waals surface area contributed by atoms with E-state index in [0.717, 1.165) is 0 Å². The number of hydrogen-bond donors (Lipinski definition) is 1. The number of nitrogens with one attached hydrogen (secondary N) is 1. The Morgan fingerprint density at radius 1 is 1.50 bits per heavy atom. The van der Waals surface area contributed by atoms with Gasteiger partial charge in [0, 0.05) is 5.69 Å². The van der Waals surface area contributed by atoms with Crippen molar-refractivity contribution >= 4 is 11.6 Å². The molecule has 1 saturated heterocycles. The zero-order valence-electron chi connectivity index (χ0n) is 9.34. The number of amides is 1. The minimum atomic E-state index is -0.442. The molecule has 0 aromatic heterocycles. The van der Waals surface area contributed by atoms with Gasteiger partial charge >= 0.3 is 0 Å². The second-order valence-electron chi connectivity index (χ2n) is 4.47. The van der Waals surface area contributed by atoms with Crippen molar-refractivity contribution in [3.8, 4) is 0 Å². The Kier molecular flexibility index (Phi) is 2.68. The lowest BCUT2D eigenvalue weighted by Gasteiger charge is -2.36. The second-order valence-corrected chi connectivity index (χ2v) is 4.47. The monoisotopic (exact) mass is 223 g/mol. The van der Waals surface area contributed by atoms with Gasteiger partial charge in [-0.15, -0.1) is 0 Å². The number of carbonyl (C=O) groups excluding carboxylic acids is 1. The molecule has 16 heavy (non-hydrogen) atoms. The van der Waals surface area contributed by atoms with Crippen LogP contribution in [0.5, 0.6) is 0 Å². The summed E-state index contributed by atoms with van der Waals surface area (Å²) in [5, 5.41) is 2.77. The molecule has 0 radical (unpaired) electrons. The van der Waals surface area contributed by atoms with Crippen molar-refractivity contribution in [2.24, 2.45) is 5.41 Å². The number of ether oxygens (including phenoxy) is 1. The summed E-state index contributed by atoms with van der Waals surface area (Å²) in [4.78, 5) is 11.8. The largest absolute Gasteiger partial charge is 0.379 e. The van der Waals surface area contributed by atoms with E-state index in [1.165, 1.54) is 6.07 Å². The van der Waals surface area contributed by atoms with E-state index in [9.17, 15) is 9.18 Å². The minimum Gasteiger partial charge on any atom is -0.379 e. The van der Waals surface area contributed by atoms with Gasteiger partial charge in [0.25, 0.3) is 0 Å². The van der Waals surface area contributed by atoms with Crippen LogP contribution in [-0.4, -0.2) is 19.1 Å². The highest BCUT2D eigenvalue weighted by atomic mass is 19.1. The molecule has 1 aliphatic heterocycles.